The van der Waals surface area contributed by atoms with E-state index in [4.69, 9.17) is 21.4 Å². The van der Waals surface area contributed by atoms with Gasteiger partial charge in [0.05, 0.1) is 12.0 Å². The van der Waals surface area contributed by atoms with Crippen LogP contribution in [-0.4, -0.2) is 106 Å². The molecule has 1 aliphatic carbocycles. The molecule has 2 aliphatic heterocycles. The molecule has 1 atom stereocenters. The smallest absolute Gasteiger partial charge is 0.227 e. The van der Waals surface area contributed by atoms with Crippen LogP contribution >= 0.6 is 11.6 Å². The number of carbonyl (C=O) groups is 2. The van der Waals surface area contributed by atoms with Crippen LogP contribution in [0.25, 0.3) is 5.57 Å². The first-order chi connectivity index (χ1) is 29.8. The van der Waals surface area contributed by atoms with Crippen LogP contribution in [0.5, 0.6) is 0 Å². The van der Waals surface area contributed by atoms with E-state index in [1.165, 1.54) is 49.6 Å². The molecule has 1 amide bonds. The summed E-state index contributed by atoms with van der Waals surface area (Å²) in [5.74, 6) is -0.228. The van der Waals surface area contributed by atoms with Gasteiger partial charge in [0.25, 0.3) is 0 Å². The van der Waals surface area contributed by atoms with Crippen molar-refractivity contribution >= 4 is 47.6 Å². The van der Waals surface area contributed by atoms with Crippen molar-refractivity contribution < 1.29 is 23.8 Å². The van der Waals surface area contributed by atoms with Gasteiger partial charge in [0.15, 0.2) is 0 Å². The summed E-state index contributed by atoms with van der Waals surface area (Å²) in [6.07, 6.45) is 14.0. The van der Waals surface area contributed by atoms with Crippen LogP contribution in [0.1, 0.15) is 86.0 Å². The number of rotatable bonds is 18. The average Bonchev–Trinajstić information content (AvgIpc) is 3.66. The van der Waals surface area contributed by atoms with Gasteiger partial charge in [-0.2, -0.15) is 0 Å². The van der Waals surface area contributed by atoms with Gasteiger partial charge >= 0.3 is 0 Å². The molecule has 1 saturated heterocycles. The third-order valence-electron chi connectivity index (χ3n) is 11.0. The maximum absolute atomic E-state index is 13.9. The van der Waals surface area contributed by atoms with E-state index in [0.29, 0.717) is 29.4 Å². The van der Waals surface area contributed by atoms with E-state index in [0.717, 1.165) is 113 Å². The van der Waals surface area contributed by atoms with E-state index in [1.807, 2.05) is 12.1 Å². The maximum Gasteiger partial charge on any atom is 0.227 e. The number of carbonyl (C=O) groups excluding carboxylic acids is 2. The maximum atomic E-state index is 13.9. The quantitative estimate of drug-likeness (QED) is 0.0577. The van der Waals surface area contributed by atoms with Gasteiger partial charge in [0.2, 0.25) is 5.91 Å². The number of amidine groups is 1. The molecule has 0 aromatic heterocycles. The van der Waals surface area contributed by atoms with Crippen LogP contribution in [0.15, 0.2) is 94.7 Å². The Morgan fingerprint density at radius 2 is 1.67 bits per heavy atom. The predicted molar refractivity (Wildman–Crippen MR) is 248 cm³/mol. The number of hydrogen-bond donors (Lipinski definition) is 4. The molecule has 2 fully saturated rings. The molecule has 11 nitrogen and oxygen atoms in total. The summed E-state index contributed by atoms with van der Waals surface area (Å²) >= 11 is 6.03. The molecule has 0 radical (unpaired) electrons. The number of halogens is 2. The zero-order chi connectivity index (χ0) is 43.8. The molecular formula is C48H65ClFN7O4. The Morgan fingerprint density at radius 3 is 2.30 bits per heavy atom. The fourth-order valence-corrected chi connectivity index (χ4v) is 7.88. The average molecular weight is 859 g/mol. The van der Waals surface area contributed by atoms with Crippen molar-refractivity contribution in [2.24, 2.45) is 15.7 Å². The van der Waals surface area contributed by atoms with Crippen LogP contribution in [0, 0.1) is 5.82 Å². The molecule has 5 N–H and O–H groups in total. The first-order valence-electron chi connectivity index (χ1n) is 21.6. The predicted octanol–water partition coefficient (Wildman–Crippen LogP) is 7.78. The van der Waals surface area contributed by atoms with Gasteiger partial charge in [-0.3, -0.25) is 14.7 Å². The zero-order valence-electron chi connectivity index (χ0n) is 36.0. The molecule has 2 heterocycles. The van der Waals surface area contributed by atoms with Crippen molar-refractivity contribution in [1.82, 2.24) is 15.1 Å². The number of piperazine rings is 1. The Kier molecular flexibility index (Phi) is 22.1. The highest BCUT2D eigenvalue weighted by Crippen LogP contribution is 2.31. The molecule has 3 aromatic rings. The minimum absolute atomic E-state index is 0.0359. The van der Waals surface area contributed by atoms with Gasteiger partial charge in [0, 0.05) is 100 Å². The summed E-state index contributed by atoms with van der Waals surface area (Å²) in [7, 11) is 3.13. The molecule has 61 heavy (non-hydrogen) atoms. The second-order valence-electron chi connectivity index (χ2n) is 15.4. The highest BCUT2D eigenvalue weighted by atomic mass is 35.5. The van der Waals surface area contributed by atoms with Crippen molar-refractivity contribution in [3.8, 4) is 0 Å². The molecule has 13 heteroatoms. The Bertz CT molecular complexity index is 1870. The van der Waals surface area contributed by atoms with Crippen LogP contribution in [-0.2, 0) is 27.3 Å². The SMILES string of the molecule is C=N/C=C1/C(c2ccc(CN3CCN(CCCOCCCc4ccc(C(CCC=O)C(=O)NC)cc4)CC3)cc2)=CN=C1Nc1cc(F)cc(Cl)c1.CN.OC1CCCCC1. The van der Waals surface area contributed by atoms with Crippen molar-refractivity contribution in [1.29, 1.82) is 0 Å². The zero-order valence-corrected chi connectivity index (χ0v) is 36.7. The molecule has 330 valence electrons. The number of nitrogens with zero attached hydrogens (tertiary/aromatic N) is 4. The van der Waals surface area contributed by atoms with E-state index in [1.54, 1.807) is 25.5 Å². The molecule has 0 bridgehead atoms. The summed E-state index contributed by atoms with van der Waals surface area (Å²) < 4.78 is 19.8. The van der Waals surface area contributed by atoms with E-state index >= 15 is 0 Å². The van der Waals surface area contributed by atoms with Crippen molar-refractivity contribution in [3.63, 3.8) is 0 Å². The van der Waals surface area contributed by atoms with Crippen LogP contribution in [0.3, 0.4) is 0 Å². The van der Waals surface area contributed by atoms with Crippen LogP contribution in [0.4, 0.5) is 10.1 Å². The number of benzene rings is 3. The summed E-state index contributed by atoms with van der Waals surface area (Å²) in [5.41, 5.74) is 11.1. The van der Waals surface area contributed by atoms with Gasteiger partial charge in [-0.25, -0.2) is 9.38 Å². The van der Waals surface area contributed by atoms with Gasteiger partial charge in [-0.05, 0) is 92.7 Å². The largest absolute Gasteiger partial charge is 0.393 e. The standard InChI is InChI=1S/C41H48ClFN6O3.C6H12O.CH5N/c1-44-27-39-38(28-46-40(39)47-36-25-34(42)24-35(43)26-36)33-14-10-31(11-15-33)29-49-19-17-48(18-20-49)16-5-23-52-22-4-6-30-8-12-32(13-9-30)37(7-3-21-50)41(51)45-2;7-6-4-2-1-3-5-6;1-2/h8-15,21,24-28,37H,1,3-7,16-20,22-23,29H2,2H3,(H,45,51)(H,46,47);6-7H,1-5H2;2H2,1H3/b39-27-;;. The topological polar surface area (TPSA) is 145 Å². The van der Waals surface area contributed by atoms with Gasteiger partial charge in [0.1, 0.15) is 17.9 Å². The molecule has 3 aliphatic rings. The lowest BCUT2D eigenvalue weighted by atomic mass is 9.92. The minimum Gasteiger partial charge on any atom is -0.393 e. The fraction of sp³-hybridized carbons (Fsp3) is 0.458. The fourth-order valence-electron chi connectivity index (χ4n) is 7.66. The summed E-state index contributed by atoms with van der Waals surface area (Å²) in [5, 5.41) is 15.1. The van der Waals surface area contributed by atoms with E-state index < -0.39 is 5.82 Å². The summed E-state index contributed by atoms with van der Waals surface area (Å²) in [6.45, 7) is 11.2. The number of aldehydes is 1. The number of ether oxygens (including phenoxy) is 1. The third-order valence-corrected chi connectivity index (χ3v) is 11.2. The number of aliphatic imine (C=N–C) groups is 2. The number of amides is 1. The number of aryl methyl sites for hydroxylation is 1. The number of likely N-dealkylation sites (N-methyl/N-ethyl adjacent to an activating group) is 1. The van der Waals surface area contributed by atoms with Crippen LogP contribution in [0.2, 0.25) is 5.02 Å². The molecule has 6 rings (SSSR count). The lowest BCUT2D eigenvalue weighted by Crippen LogP contribution is -2.46. The Hall–Kier alpha value is -4.56. The van der Waals surface area contributed by atoms with Crippen molar-refractivity contribution in [2.75, 3.05) is 65.3 Å². The van der Waals surface area contributed by atoms with Gasteiger partial charge < -0.3 is 35.9 Å². The van der Waals surface area contributed by atoms with Crippen molar-refractivity contribution in [2.45, 2.75) is 82.8 Å². The number of hydrogen-bond acceptors (Lipinski definition) is 10. The highest BCUT2D eigenvalue weighted by Gasteiger charge is 2.22. The lowest BCUT2D eigenvalue weighted by molar-refractivity contribution is -0.122. The molecule has 1 saturated carbocycles. The number of nitrogens with one attached hydrogen (secondary N) is 2. The van der Waals surface area contributed by atoms with Crippen LogP contribution < -0.4 is 16.4 Å². The number of anilines is 1. The number of aliphatic hydroxyl groups is 1. The highest BCUT2D eigenvalue weighted by molar-refractivity contribution is 6.31. The summed E-state index contributed by atoms with van der Waals surface area (Å²) in [6, 6.07) is 20.9. The number of nitrogens with two attached hydrogens (primary N) is 1. The van der Waals surface area contributed by atoms with E-state index in [-0.39, 0.29) is 17.9 Å². The van der Waals surface area contributed by atoms with E-state index in [9.17, 15) is 14.0 Å². The van der Waals surface area contributed by atoms with Gasteiger partial charge in [-0.1, -0.05) is 79.4 Å². The molecular weight excluding hydrogens is 793 g/mol. The first-order valence-corrected chi connectivity index (χ1v) is 21.9. The second kappa shape index (κ2) is 27.4. The summed E-state index contributed by atoms with van der Waals surface area (Å²) in [4.78, 5) is 36.6. The number of aliphatic hydroxyl groups excluding tert-OH is 1. The minimum atomic E-state index is -0.427. The first kappa shape index (κ1) is 49.1. The Balaban J connectivity index is 0.000000815. The van der Waals surface area contributed by atoms with E-state index in [2.05, 4.69) is 79.3 Å². The van der Waals surface area contributed by atoms with Crippen molar-refractivity contribution in [3.05, 3.63) is 118 Å². The molecule has 3 aromatic carbocycles. The van der Waals surface area contributed by atoms with Gasteiger partial charge in [-0.15, -0.1) is 0 Å². The Labute approximate surface area is 367 Å². The lowest BCUT2D eigenvalue weighted by Gasteiger charge is -2.34. The normalized spacial score (nSPS) is 16.9. The third kappa shape index (κ3) is 16.7. The molecule has 1 unspecified atom stereocenters. The second-order valence-corrected chi connectivity index (χ2v) is 15.8. The Morgan fingerprint density at radius 1 is 1.00 bits per heavy atom. The monoisotopic (exact) mass is 857 g/mol. The molecule has 0 spiro atoms.